The third-order valence-electron chi connectivity index (χ3n) is 2.38. The van der Waals surface area contributed by atoms with Crippen molar-refractivity contribution >= 4 is 29.2 Å². The van der Waals surface area contributed by atoms with E-state index in [0.29, 0.717) is 13.0 Å². The maximum atomic E-state index is 11.6. The molecular formula is C10H11ClN4O2. The van der Waals surface area contributed by atoms with Crippen molar-refractivity contribution in [3.8, 4) is 0 Å². The molecule has 90 valence electrons. The van der Waals surface area contributed by atoms with Crippen molar-refractivity contribution in [1.82, 2.24) is 14.9 Å². The van der Waals surface area contributed by atoms with Gasteiger partial charge in [0.1, 0.15) is 5.15 Å². The number of aromatic nitrogens is 2. The fourth-order valence-electron chi connectivity index (χ4n) is 1.63. The Morgan fingerprint density at radius 3 is 3.00 bits per heavy atom. The highest BCUT2D eigenvalue weighted by molar-refractivity contribution is 6.29. The molecule has 1 aliphatic rings. The summed E-state index contributed by atoms with van der Waals surface area (Å²) in [6, 6.07) is 0. The minimum Gasteiger partial charge on any atom is -0.333 e. The van der Waals surface area contributed by atoms with Gasteiger partial charge >= 0.3 is 0 Å². The van der Waals surface area contributed by atoms with E-state index in [0.717, 1.165) is 6.42 Å². The van der Waals surface area contributed by atoms with Crippen LogP contribution in [0.15, 0.2) is 12.4 Å². The van der Waals surface area contributed by atoms with E-state index in [1.54, 1.807) is 0 Å². The van der Waals surface area contributed by atoms with Crippen LogP contribution in [-0.4, -0.2) is 39.8 Å². The SMILES string of the molecule is O=C(CN1CCCC1=O)Nc1cncc(Cl)n1. The summed E-state index contributed by atoms with van der Waals surface area (Å²) in [7, 11) is 0. The number of hydrogen-bond acceptors (Lipinski definition) is 4. The number of carbonyl (C=O) groups excluding carboxylic acids is 2. The molecule has 0 aromatic carbocycles. The smallest absolute Gasteiger partial charge is 0.245 e. The van der Waals surface area contributed by atoms with Gasteiger partial charge in [-0.3, -0.25) is 14.6 Å². The van der Waals surface area contributed by atoms with Crippen LogP contribution in [0.25, 0.3) is 0 Å². The number of halogens is 1. The van der Waals surface area contributed by atoms with E-state index >= 15 is 0 Å². The topological polar surface area (TPSA) is 75.2 Å². The second-order valence-corrected chi connectivity index (χ2v) is 4.08. The Bertz CT molecular complexity index is 452. The summed E-state index contributed by atoms with van der Waals surface area (Å²) in [6.45, 7) is 0.681. The zero-order valence-electron chi connectivity index (χ0n) is 9.02. The number of nitrogens with one attached hydrogen (secondary N) is 1. The van der Waals surface area contributed by atoms with Gasteiger partial charge in [-0.25, -0.2) is 4.98 Å². The van der Waals surface area contributed by atoms with E-state index in [4.69, 9.17) is 11.6 Å². The Kier molecular flexibility index (Phi) is 3.53. The molecule has 2 heterocycles. The second-order valence-electron chi connectivity index (χ2n) is 3.69. The van der Waals surface area contributed by atoms with E-state index in [1.165, 1.54) is 17.3 Å². The van der Waals surface area contributed by atoms with Crippen molar-refractivity contribution in [2.45, 2.75) is 12.8 Å². The first-order valence-corrected chi connectivity index (χ1v) is 5.58. The number of likely N-dealkylation sites (tertiary alicyclic amines) is 1. The minimum atomic E-state index is -0.295. The number of nitrogens with zero attached hydrogens (tertiary/aromatic N) is 3. The highest BCUT2D eigenvalue weighted by Crippen LogP contribution is 2.10. The van der Waals surface area contributed by atoms with Gasteiger partial charge < -0.3 is 10.2 Å². The van der Waals surface area contributed by atoms with Gasteiger partial charge in [-0.1, -0.05) is 11.6 Å². The highest BCUT2D eigenvalue weighted by atomic mass is 35.5. The van der Waals surface area contributed by atoms with Gasteiger partial charge in [0.2, 0.25) is 11.8 Å². The predicted molar refractivity (Wildman–Crippen MR) is 61.5 cm³/mol. The number of hydrogen-bond donors (Lipinski definition) is 1. The Labute approximate surface area is 103 Å². The van der Waals surface area contributed by atoms with Gasteiger partial charge in [-0.05, 0) is 6.42 Å². The van der Waals surface area contributed by atoms with Crippen LogP contribution in [0.3, 0.4) is 0 Å². The molecule has 17 heavy (non-hydrogen) atoms. The van der Waals surface area contributed by atoms with Crippen LogP contribution in [0, 0.1) is 0 Å². The summed E-state index contributed by atoms with van der Waals surface area (Å²) in [6.07, 6.45) is 4.10. The third-order valence-corrected chi connectivity index (χ3v) is 2.56. The zero-order chi connectivity index (χ0) is 12.3. The largest absolute Gasteiger partial charge is 0.333 e. The molecular weight excluding hydrogens is 244 g/mol. The summed E-state index contributed by atoms with van der Waals surface area (Å²) in [5.41, 5.74) is 0. The standard InChI is InChI=1S/C10H11ClN4O2/c11-7-4-12-5-8(13-7)14-9(16)6-15-3-1-2-10(15)17/h4-5H,1-3,6H2,(H,13,14,16). The minimum absolute atomic E-state index is 0.0114. The molecule has 1 aliphatic heterocycles. The lowest BCUT2D eigenvalue weighted by Crippen LogP contribution is -2.34. The van der Waals surface area contributed by atoms with Gasteiger partial charge in [-0.2, -0.15) is 0 Å². The summed E-state index contributed by atoms with van der Waals surface area (Å²) in [4.78, 5) is 32.1. The van der Waals surface area contributed by atoms with Gasteiger partial charge in [0, 0.05) is 13.0 Å². The Balaban J connectivity index is 1.91. The molecule has 2 amide bonds. The monoisotopic (exact) mass is 254 g/mol. The average molecular weight is 255 g/mol. The van der Waals surface area contributed by atoms with Crippen molar-refractivity contribution < 1.29 is 9.59 Å². The Morgan fingerprint density at radius 2 is 2.35 bits per heavy atom. The quantitative estimate of drug-likeness (QED) is 0.861. The summed E-state index contributed by atoms with van der Waals surface area (Å²) in [5, 5.41) is 2.75. The van der Waals surface area contributed by atoms with Crippen molar-refractivity contribution in [3.05, 3.63) is 17.5 Å². The highest BCUT2D eigenvalue weighted by Gasteiger charge is 2.22. The normalized spacial score (nSPS) is 15.1. The molecule has 6 nitrogen and oxygen atoms in total. The maximum absolute atomic E-state index is 11.6. The van der Waals surface area contributed by atoms with E-state index < -0.39 is 0 Å². The van der Waals surface area contributed by atoms with Crippen LogP contribution in [-0.2, 0) is 9.59 Å². The zero-order valence-corrected chi connectivity index (χ0v) is 9.78. The molecule has 1 saturated heterocycles. The fourth-order valence-corrected chi connectivity index (χ4v) is 1.78. The molecule has 0 spiro atoms. The van der Waals surface area contributed by atoms with Crippen LogP contribution in [0.2, 0.25) is 5.15 Å². The number of amides is 2. The van der Waals surface area contributed by atoms with Gasteiger partial charge in [-0.15, -0.1) is 0 Å². The number of carbonyl (C=O) groups is 2. The molecule has 7 heteroatoms. The first-order valence-electron chi connectivity index (χ1n) is 5.20. The number of anilines is 1. The lowest BCUT2D eigenvalue weighted by molar-refractivity contribution is -0.131. The molecule has 0 radical (unpaired) electrons. The molecule has 0 aliphatic carbocycles. The van der Waals surface area contributed by atoms with E-state index in [9.17, 15) is 9.59 Å². The molecule has 1 fully saturated rings. The molecule has 0 atom stereocenters. The van der Waals surface area contributed by atoms with Crippen LogP contribution in [0.1, 0.15) is 12.8 Å². The molecule has 1 N–H and O–H groups in total. The number of rotatable bonds is 3. The summed E-state index contributed by atoms with van der Waals surface area (Å²) in [5.74, 6) is 0.00305. The van der Waals surface area contributed by atoms with E-state index in [2.05, 4.69) is 15.3 Å². The third kappa shape index (κ3) is 3.13. The van der Waals surface area contributed by atoms with Crippen molar-refractivity contribution in [2.75, 3.05) is 18.4 Å². The van der Waals surface area contributed by atoms with E-state index in [1.807, 2.05) is 0 Å². The molecule has 1 aromatic rings. The van der Waals surface area contributed by atoms with Crippen LogP contribution >= 0.6 is 11.6 Å². The van der Waals surface area contributed by atoms with Crippen molar-refractivity contribution in [3.63, 3.8) is 0 Å². The predicted octanol–water partition coefficient (Wildman–Crippen LogP) is 0.691. The van der Waals surface area contributed by atoms with Crippen molar-refractivity contribution in [2.24, 2.45) is 0 Å². The van der Waals surface area contributed by atoms with Crippen LogP contribution < -0.4 is 5.32 Å². The van der Waals surface area contributed by atoms with E-state index in [-0.39, 0.29) is 29.3 Å². The second kappa shape index (κ2) is 5.09. The van der Waals surface area contributed by atoms with Crippen LogP contribution in [0.5, 0.6) is 0 Å². The van der Waals surface area contributed by atoms with Crippen molar-refractivity contribution in [1.29, 1.82) is 0 Å². The molecule has 0 unspecified atom stereocenters. The van der Waals surface area contributed by atoms with Crippen LogP contribution in [0.4, 0.5) is 5.82 Å². The van der Waals surface area contributed by atoms with Gasteiger partial charge in [0.25, 0.3) is 0 Å². The first kappa shape index (κ1) is 11.8. The molecule has 0 saturated carbocycles. The molecule has 1 aromatic heterocycles. The Hall–Kier alpha value is -1.69. The van der Waals surface area contributed by atoms with Gasteiger partial charge in [0.15, 0.2) is 5.82 Å². The maximum Gasteiger partial charge on any atom is 0.245 e. The first-order chi connectivity index (χ1) is 8.15. The average Bonchev–Trinajstić information content (AvgIpc) is 2.64. The molecule has 2 rings (SSSR count). The lowest BCUT2D eigenvalue weighted by Gasteiger charge is -2.14. The fraction of sp³-hybridized carbons (Fsp3) is 0.400. The Morgan fingerprint density at radius 1 is 1.53 bits per heavy atom. The summed E-state index contributed by atoms with van der Waals surface area (Å²) >= 11 is 5.63. The lowest BCUT2D eigenvalue weighted by atomic mass is 10.4. The summed E-state index contributed by atoms with van der Waals surface area (Å²) < 4.78 is 0. The molecule has 0 bridgehead atoms. The van der Waals surface area contributed by atoms with Gasteiger partial charge in [0.05, 0.1) is 18.9 Å².